The average Bonchev–Trinajstić information content (AvgIpc) is 3.69. The van der Waals surface area contributed by atoms with E-state index in [-0.39, 0.29) is 0 Å². The van der Waals surface area contributed by atoms with Crippen molar-refractivity contribution in [3.8, 4) is 39.1 Å². The highest BCUT2D eigenvalue weighted by Gasteiger charge is 2.40. The van der Waals surface area contributed by atoms with Gasteiger partial charge in [0.15, 0.2) is 7.14 Å². The van der Waals surface area contributed by atoms with Gasteiger partial charge in [-0.1, -0.05) is 159 Å². The van der Waals surface area contributed by atoms with Crippen LogP contribution in [0, 0.1) is 0 Å². The molecule has 0 bridgehead atoms. The van der Waals surface area contributed by atoms with E-state index in [2.05, 4.69) is 163 Å². The molecule has 10 aromatic carbocycles. The van der Waals surface area contributed by atoms with E-state index in [0.717, 1.165) is 56.0 Å². The number of fused-ring (bicyclic) bond motifs is 6. The molecule has 2 heterocycles. The Morgan fingerprint density at radius 1 is 0.458 bits per heavy atom. The number of imidazole rings is 1. The molecule has 0 radical (unpaired) electrons. The summed E-state index contributed by atoms with van der Waals surface area (Å²) in [6, 6.07) is 69.4. The Balaban J connectivity index is 1.15. The molecule has 1 unspecified atom stereocenters. The highest BCUT2D eigenvalue weighted by Crippen LogP contribution is 2.51. The number of hydrogen-bond donors (Lipinski definition) is 0. The molecule has 3 nitrogen and oxygen atoms in total. The zero-order chi connectivity index (χ0) is 39.2. The number of nitrogens with zero attached hydrogens (tertiary/aromatic N) is 2. The Morgan fingerprint density at radius 2 is 1.02 bits per heavy atom. The first-order valence-electron chi connectivity index (χ1n) is 20.4. The number of rotatable bonds is 5. The van der Waals surface area contributed by atoms with E-state index in [1.807, 2.05) is 42.5 Å². The smallest absolute Gasteiger partial charge is 0.175 e. The maximum absolute atomic E-state index is 16.1. The van der Waals surface area contributed by atoms with Gasteiger partial charge in [-0.15, -0.1) is 0 Å². The molecule has 0 N–H and O–H groups in total. The van der Waals surface area contributed by atoms with E-state index in [1.165, 1.54) is 65.3 Å². The van der Waals surface area contributed by atoms with Crippen LogP contribution in [0.2, 0.25) is 0 Å². The maximum atomic E-state index is 16.1. The second-order valence-corrected chi connectivity index (χ2v) is 18.4. The van der Waals surface area contributed by atoms with Gasteiger partial charge in [-0.25, -0.2) is 4.98 Å². The zero-order valence-electron chi connectivity index (χ0n) is 32.4. The highest BCUT2D eigenvalue weighted by molar-refractivity contribution is 7.86. The van der Waals surface area contributed by atoms with Crippen molar-refractivity contribution >= 4 is 77.2 Å². The Kier molecular flexibility index (Phi) is 7.48. The lowest BCUT2D eigenvalue weighted by Crippen LogP contribution is -2.33. The van der Waals surface area contributed by atoms with Gasteiger partial charge in [-0.2, -0.15) is 0 Å². The lowest BCUT2D eigenvalue weighted by Gasteiger charge is -2.29. The summed E-state index contributed by atoms with van der Waals surface area (Å²) in [7, 11) is -3.30. The second-order valence-electron chi connectivity index (χ2n) is 15.7. The highest BCUT2D eigenvalue weighted by atomic mass is 31.2. The first-order chi connectivity index (χ1) is 29.1. The number of hydrogen-bond acceptors (Lipinski definition) is 2. The number of benzene rings is 10. The molecule has 11 aromatic rings. The SMILES string of the molecule is CCc1nc2cccc3c2n1-c1ccc(-c2ccc4c(-c5ccc6ccccc6c5)c5ccccc5c(-c5ccc6ccccc6c5)c4c2)cc1P3(=O)c1ccccc1. The van der Waals surface area contributed by atoms with Crippen molar-refractivity contribution in [3.63, 3.8) is 0 Å². The number of aromatic nitrogens is 2. The quantitative estimate of drug-likeness (QED) is 0.129. The minimum atomic E-state index is -3.30. The molecule has 4 heteroatoms. The van der Waals surface area contributed by atoms with Crippen molar-refractivity contribution in [3.05, 3.63) is 200 Å². The van der Waals surface area contributed by atoms with Gasteiger partial charge in [0.25, 0.3) is 0 Å². The van der Waals surface area contributed by atoms with Crippen LogP contribution in [0.25, 0.3) is 93.2 Å². The second kappa shape index (κ2) is 13.0. The Morgan fingerprint density at radius 3 is 1.69 bits per heavy atom. The van der Waals surface area contributed by atoms with Crippen molar-refractivity contribution in [2.24, 2.45) is 0 Å². The number of aryl methyl sites for hydroxylation is 1. The molecule has 0 fully saturated rings. The number of para-hydroxylation sites is 1. The van der Waals surface area contributed by atoms with Crippen molar-refractivity contribution in [1.82, 2.24) is 9.55 Å². The van der Waals surface area contributed by atoms with Gasteiger partial charge in [0.05, 0.1) is 16.7 Å². The fourth-order valence-electron chi connectivity index (χ4n) is 9.77. The molecule has 278 valence electrons. The molecule has 0 spiro atoms. The van der Waals surface area contributed by atoms with Gasteiger partial charge in [0, 0.05) is 22.3 Å². The first kappa shape index (κ1) is 34.0. The summed E-state index contributed by atoms with van der Waals surface area (Å²) in [6.07, 6.45) is 0.765. The first-order valence-corrected chi connectivity index (χ1v) is 22.1. The average molecular weight is 773 g/mol. The summed E-state index contributed by atoms with van der Waals surface area (Å²) in [5, 5.41) is 12.2. The molecule has 1 aliphatic rings. The molecule has 1 atom stereocenters. The van der Waals surface area contributed by atoms with Crippen LogP contribution >= 0.6 is 7.14 Å². The van der Waals surface area contributed by atoms with Crippen LogP contribution in [0.1, 0.15) is 12.7 Å². The molecule has 12 rings (SSSR count). The topological polar surface area (TPSA) is 34.9 Å². The summed E-state index contributed by atoms with van der Waals surface area (Å²) >= 11 is 0. The van der Waals surface area contributed by atoms with E-state index < -0.39 is 7.14 Å². The lowest BCUT2D eigenvalue weighted by atomic mass is 9.84. The van der Waals surface area contributed by atoms with Crippen LogP contribution < -0.4 is 15.9 Å². The van der Waals surface area contributed by atoms with Crippen LogP contribution in [0.3, 0.4) is 0 Å². The molecule has 0 saturated heterocycles. The normalized spacial score (nSPS) is 14.7. The Hall–Kier alpha value is -7.06. The van der Waals surface area contributed by atoms with Gasteiger partial charge < -0.3 is 4.57 Å². The standard InChI is InChI=1S/C55H37N2OP/c1-2-52-56-48-21-12-22-50-55(48)57(52)49-30-28-40(34-51(49)59(50,58)43-17-4-3-5-18-43)39-27-29-46-47(33-39)54(42-26-24-36-14-7-9-16-38(36)32-42)45-20-11-10-19-44(45)53(46)41-25-23-35-13-6-8-15-37(35)31-41/h3-34H,2H2,1H3. The fraction of sp³-hybridized carbons (Fsp3) is 0.0364. The summed E-state index contributed by atoms with van der Waals surface area (Å²) in [5.74, 6) is 0.972. The van der Waals surface area contributed by atoms with Crippen LogP contribution in [0.4, 0.5) is 0 Å². The third kappa shape index (κ3) is 5.02. The monoisotopic (exact) mass is 772 g/mol. The van der Waals surface area contributed by atoms with Gasteiger partial charge in [-0.3, -0.25) is 4.57 Å². The molecule has 0 aliphatic carbocycles. The maximum Gasteiger partial charge on any atom is 0.175 e. The van der Waals surface area contributed by atoms with Crippen molar-refractivity contribution in [2.75, 3.05) is 0 Å². The predicted octanol–water partition coefficient (Wildman–Crippen LogP) is 13.2. The molecule has 1 aromatic heterocycles. The minimum Gasteiger partial charge on any atom is -0.308 e. The Labute approximate surface area is 342 Å². The largest absolute Gasteiger partial charge is 0.308 e. The Bertz CT molecular complexity index is 3580. The fourth-order valence-corrected chi connectivity index (χ4v) is 12.8. The summed E-state index contributed by atoms with van der Waals surface area (Å²) < 4.78 is 18.4. The van der Waals surface area contributed by atoms with E-state index >= 15 is 4.57 Å². The van der Waals surface area contributed by atoms with Crippen molar-refractivity contribution in [1.29, 1.82) is 0 Å². The van der Waals surface area contributed by atoms with E-state index in [9.17, 15) is 0 Å². The molecule has 59 heavy (non-hydrogen) atoms. The van der Waals surface area contributed by atoms with E-state index in [0.29, 0.717) is 0 Å². The van der Waals surface area contributed by atoms with E-state index in [4.69, 9.17) is 4.98 Å². The molecule has 0 amide bonds. The molecule has 1 aliphatic heterocycles. The van der Waals surface area contributed by atoms with Gasteiger partial charge >= 0.3 is 0 Å². The van der Waals surface area contributed by atoms with Crippen LogP contribution in [-0.4, -0.2) is 9.55 Å². The van der Waals surface area contributed by atoms with Crippen LogP contribution in [0.5, 0.6) is 0 Å². The zero-order valence-corrected chi connectivity index (χ0v) is 33.3. The van der Waals surface area contributed by atoms with Crippen LogP contribution in [-0.2, 0) is 11.0 Å². The summed E-state index contributed by atoms with van der Waals surface area (Å²) in [4.78, 5) is 5.05. The lowest BCUT2D eigenvalue weighted by molar-refractivity contribution is 0.592. The van der Waals surface area contributed by atoms with Crippen molar-refractivity contribution in [2.45, 2.75) is 13.3 Å². The minimum absolute atomic E-state index is 0.765. The van der Waals surface area contributed by atoms with Gasteiger partial charge in [0.2, 0.25) is 0 Å². The third-order valence-corrected chi connectivity index (χ3v) is 15.6. The molecule has 0 saturated carbocycles. The van der Waals surface area contributed by atoms with Gasteiger partial charge in [-0.05, 0) is 119 Å². The molecular weight excluding hydrogens is 736 g/mol. The summed E-state index contributed by atoms with van der Waals surface area (Å²) in [5.41, 5.74) is 9.70. The molecular formula is C55H37N2OP. The third-order valence-electron chi connectivity index (χ3n) is 12.5. The summed E-state index contributed by atoms with van der Waals surface area (Å²) in [6.45, 7) is 2.14. The van der Waals surface area contributed by atoms with Gasteiger partial charge in [0.1, 0.15) is 5.82 Å². The van der Waals surface area contributed by atoms with E-state index in [1.54, 1.807) is 0 Å². The van der Waals surface area contributed by atoms with Crippen LogP contribution in [0.15, 0.2) is 194 Å². The predicted molar refractivity (Wildman–Crippen MR) is 250 cm³/mol. The van der Waals surface area contributed by atoms with Crippen molar-refractivity contribution < 1.29 is 4.57 Å².